The minimum Gasteiger partial charge on any atom is -0.353 e. The van der Waals surface area contributed by atoms with Gasteiger partial charge in [0.25, 0.3) is 0 Å². The summed E-state index contributed by atoms with van der Waals surface area (Å²) in [6.45, 7) is 0. The molecule has 0 unspecified atom stereocenters. The summed E-state index contributed by atoms with van der Waals surface area (Å²) in [7, 11) is 0. The Kier molecular flexibility index (Phi) is 3.31. The first-order valence-electron chi connectivity index (χ1n) is 7.33. The van der Waals surface area contributed by atoms with Crippen LogP contribution in [0.3, 0.4) is 0 Å². The van der Waals surface area contributed by atoms with E-state index in [9.17, 15) is 4.79 Å². The van der Waals surface area contributed by atoms with Crippen LogP contribution >= 0.6 is 0 Å². The molecule has 0 aromatic heterocycles. The standard InChI is InChI=1S/C16H22N2O/c17-13-6-8-14(9-7-13)18-15(19)16(10-11-16)12-4-2-1-3-5-12/h1-5,13-14H,6-11,17H2,(H,18,19). The molecule has 102 valence electrons. The van der Waals surface area contributed by atoms with E-state index in [0.29, 0.717) is 12.1 Å². The fourth-order valence-corrected chi connectivity index (χ4v) is 3.12. The molecule has 0 spiro atoms. The van der Waals surface area contributed by atoms with Crippen LogP contribution in [-0.4, -0.2) is 18.0 Å². The Morgan fingerprint density at radius 2 is 1.74 bits per heavy atom. The van der Waals surface area contributed by atoms with Crippen LogP contribution in [0.1, 0.15) is 44.1 Å². The summed E-state index contributed by atoms with van der Waals surface area (Å²) in [6, 6.07) is 10.8. The highest BCUT2D eigenvalue weighted by Crippen LogP contribution is 2.48. The van der Waals surface area contributed by atoms with Crippen molar-refractivity contribution >= 4 is 5.91 Å². The van der Waals surface area contributed by atoms with E-state index in [2.05, 4.69) is 17.4 Å². The number of carbonyl (C=O) groups excluding carboxylic acids is 1. The third kappa shape index (κ3) is 2.52. The molecule has 1 aromatic carbocycles. The van der Waals surface area contributed by atoms with Gasteiger partial charge in [0.2, 0.25) is 5.91 Å². The average molecular weight is 258 g/mol. The Balaban J connectivity index is 1.65. The number of amides is 1. The molecule has 0 radical (unpaired) electrons. The maximum Gasteiger partial charge on any atom is 0.230 e. The molecule has 3 heteroatoms. The van der Waals surface area contributed by atoms with Gasteiger partial charge in [-0.05, 0) is 44.1 Å². The van der Waals surface area contributed by atoms with E-state index in [4.69, 9.17) is 5.73 Å². The zero-order valence-corrected chi connectivity index (χ0v) is 11.3. The molecule has 19 heavy (non-hydrogen) atoms. The summed E-state index contributed by atoms with van der Waals surface area (Å²) in [5.74, 6) is 0.221. The van der Waals surface area contributed by atoms with Gasteiger partial charge < -0.3 is 11.1 Å². The van der Waals surface area contributed by atoms with E-state index < -0.39 is 0 Å². The molecular formula is C16H22N2O. The van der Waals surface area contributed by atoms with Crippen molar-refractivity contribution in [3.05, 3.63) is 35.9 Å². The van der Waals surface area contributed by atoms with Crippen molar-refractivity contribution in [2.24, 2.45) is 5.73 Å². The Bertz CT molecular complexity index is 445. The molecular weight excluding hydrogens is 236 g/mol. The quantitative estimate of drug-likeness (QED) is 0.872. The van der Waals surface area contributed by atoms with Crippen LogP contribution in [-0.2, 0) is 10.2 Å². The van der Waals surface area contributed by atoms with E-state index in [0.717, 1.165) is 38.5 Å². The highest BCUT2D eigenvalue weighted by atomic mass is 16.2. The number of hydrogen-bond acceptors (Lipinski definition) is 2. The van der Waals surface area contributed by atoms with Gasteiger partial charge in [0, 0.05) is 12.1 Å². The number of benzene rings is 1. The Morgan fingerprint density at radius 3 is 2.32 bits per heavy atom. The van der Waals surface area contributed by atoms with Gasteiger partial charge in [0.1, 0.15) is 0 Å². The van der Waals surface area contributed by atoms with Gasteiger partial charge in [-0.25, -0.2) is 0 Å². The molecule has 0 saturated heterocycles. The van der Waals surface area contributed by atoms with Gasteiger partial charge >= 0.3 is 0 Å². The third-order valence-electron chi connectivity index (χ3n) is 4.62. The molecule has 2 fully saturated rings. The number of rotatable bonds is 3. The van der Waals surface area contributed by atoms with Crippen LogP contribution in [0.2, 0.25) is 0 Å². The predicted molar refractivity (Wildman–Crippen MR) is 75.7 cm³/mol. The monoisotopic (exact) mass is 258 g/mol. The minimum atomic E-state index is -0.235. The van der Waals surface area contributed by atoms with Crippen molar-refractivity contribution in [3.8, 4) is 0 Å². The first-order chi connectivity index (χ1) is 9.21. The molecule has 0 atom stereocenters. The minimum absolute atomic E-state index is 0.221. The normalized spacial score (nSPS) is 28.7. The smallest absolute Gasteiger partial charge is 0.230 e. The van der Waals surface area contributed by atoms with Crippen molar-refractivity contribution in [2.45, 2.75) is 56.0 Å². The molecule has 3 N–H and O–H groups in total. The van der Waals surface area contributed by atoms with Crippen molar-refractivity contribution in [1.29, 1.82) is 0 Å². The summed E-state index contributed by atoms with van der Waals surface area (Å²) < 4.78 is 0. The van der Waals surface area contributed by atoms with Gasteiger partial charge in [0.05, 0.1) is 5.41 Å². The molecule has 2 aliphatic rings. The Morgan fingerprint density at radius 1 is 1.11 bits per heavy atom. The van der Waals surface area contributed by atoms with E-state index in [1.807, 2.05) is 18.2 Å². The van der Waals surface area contributed by atoms with Crippen LogP contribution < -0.4 is 11.1 Å². The molecule has 1 aromatic rings. The zero-order chi connectivity index (χ0) is 13.3. The lowest BCUT2D eigenvalue weighted by Gasteiger charge is -2.28. The van der Waals surface area contributed by atoms with Gasteiger partial charge in [0.15, 0.2) is 0 Å². The lowest BCUT2D eigenvalue weighted by Crippen LogP contribution is -2.44. The number of nitrogens with one attached hydrogen (secondary N) is 1. The van der Waals surface area contributed by atoms with Gasteiger partial charge in [-0.1, -0.05) is 30.3 Å². The summed E-state index contributed by atoms with van der Waals surface area (Å²) >= 11 is 0. The van der Waals surface area contributed by atoms with Crippen LogP contribution in [0.5, 0.6) is 0 Å². The van der Waals surface area contributed by atoms with Crippen molar-refractivity contribution in [3.63, 3.8) is 0 Å². The number of carbonyl (C=O) groups is 1. The van der Waals surface area contributed by atoms with E-state index in [1.165, 1.54) is 5.56 Å². The molecule has 3 rings (SSSR count). The molecule has 0 bridgehead atoms. The predicted octanol–water partition coefficient (Wildman–Crippen LogP) is 2.10. The second-order valence-corrected chi connectivity index (χ2v) is 6.03. The summed E-state index contributed by atoms with van der Waals surface area (Å²) in [5, 5.41) is 3.25. The molecule has 3 nitrogen and oxygen atoms in total. The lowest BCUT2D eigenvalue weighted by molar-refractivity contribution is -0.124. The van der Waals surface area contributed by atoms with E-state index in [-0.39, 0.29) is 11.3 Å². The summed E-state index contributed by atoms with van der Waals surface area (Å²) in [6.07, 6.45) is 6.08. The van der Waals surface area contributed by atoms with E-state index in [1.54, 1.807) is 0 Å². The summed E-state index contributed by atoms with van der Waals surface area (Å²) in [5.41, 5.74) is 6.84. The van der Waals surface area contributed by atoms with Crippen LogP contribution in [0.4, 0.5) is 0 Å². The first kappa shape index (κ1) is 12.7. The second-order valence-electron chi connectivity index (χ2n) is 6.03. The molecule has 2 aliphatic carbocycles. The summed E-state index contributed by atoms with van der Waals surface area (Å²) in [4.78, 5) is 12.5. The van der Waals surface area contributed by atoms with Crippen molar-refractivity contribution < 1.29 is 4.79 Å². The third-order valence-corrected chi connectivity index (χ3v) is 4.62. The van der Waals surface area contributed by atoms with Crippen LogP contribution in [0.15, 0.2) is 30.3 Å². The van der Waals surface area contributed by atoms with Crippen LogP contribution in [0.25, 0.3) is 0 Å². The molecule has 1 amide bonds. The van der Waals surface area contributed by atoms with E-state index >= 15 is 0 Å². The average Bonchev–Trinajstić information content (AvgIpc) is 3.24. The molecule has 0 aliphatic heterocycles. The van der Waals surface area contributed by atoms with Crippen molar-refractivity contribution in [2.75, 3.05) is 0 Å². The SMILES string of the molecule is NC1CCC(NC(=O)C2(c3ccccc3)CC2)CC1. The second kappa shape index (κ2) is 4.97. The highest BCUT2D eigenvalue weighted by molar-refractivity contribution is 5.91. The largest absolute Gasteiger partial charge is 0.353 e. The highest BCUT2D eigenvalue weighted by Gasteiger charge is 2.51. The first-order valence-corrected chi connectivity index (χ1v) is 7.33. The van der Waals surface area contributed by atoms with Crippen LogP contribution in [0, 0.1) is 0 Å². The van der Waals surface area contributed by atoms with Gasteiger partial charge in [-0.2, -0.15) is 0 Å². The Labute approximate surface area is 114 Å². The lowest BCUT2D eigenvalue weighted by atomic mass is 9.90. The fraction of sp³-hybridized carbons (Fsp3) is 0.562. The maximum atomic E-state index is 12.5. The fourth-order valence-electron chi connectivity index (χ4n) is 3.12. The number of hydrogen-bond donors (Lipinski definition) is 2. The van der Waals surface area contributed by atoms with Gasteiger partial charge in [-0.3, -0.25) is 4.79 Å². The van der Waals surface area contributed by atoms with Crippen molar-refractivity contribution in [1.82, 2.24) is 5.32 Å². The molecule has 0 heterocycles. The zero-order valence-electron chi connectivity index (χ0n) is 11.3. The Hall–Kier alpha value is -1.35. The topological polar surface area (TPSA) is 55.1 Å². The molecule has 2 saturated carbocycles. The number of nitrogens with two attached hydrogens (primary N) is 1. The maximum absolute atomic E-state index is 12.5. The van der Waals surface area contributed by atoms with Gasteiger partial charge in [-0.15, -0.1) is 0 Å².